The molecule has 0 bridgehead atoms. The zero-order valence-corrected chi connectivity index (χ0v) is 20.7. The third kappa shape index (κ3) is 7.96. The minimum atomic E-state index is -4.64. The molecule has 2 atom stereocenters. The van der Waals surface area contributed by atoms with Gasteiger partial charge in [-0.2, -0.15) is 13.2 Å². The van der Waals surface area contributed by atoms with Crippen LogP contribution in [0, 0.1) is 17.7 Å². The van der Waals surface area contributed by atoms with Crippen molar-refractivity contribution in [1.29, 1.82) is 0 Å². The van der Waals surface area contributed by atoms with E-state index in [0.717, 1.165) is 0 Å². The van der Waals surface area contributed by atoms with Crippen molar-refractivity contribution in [3.63, 3.8) is 0 Å². The molecule has 0 unspecified atom stereocenters. The van der Waals surface area contributed by atoms with Crippen LogP contribution in [-0.4, -0.2) is 96.0 Å². The number of aromatic amines is 1. The van der Waals surface area contributed by atoms with E-state index in [1.165, 1.54) is 12.1 Å². The third-order valence-corrected chi connectivity index (χ3v) is 6.04. The first-order chi connectivity index (χ1) is 17.5. The monoisotopic (exact) mass is 529 g/mol. The van der Waals surface area contributed by atoms with Gasteiger partial charge in [0.2, 0.25) is 12.2 Å². The first kappa shape index (κ1) is 28.5. The van der Waals surface area contributed by atoms with Crippen LogP contribution in [-0.2, 0) is 14.3 Å². The Morgan fingerprint density at radius 3 is 2.54 bits per heavy atom. The van der Waals surface area contributed by atoms with Crippen molar-refractivity contribution >= 4 is 29.1 Å². The average Bonchev–Trinajstić information content (AvgIpc) is 3.30. The predicted molar refractivity (Wildman–Crippen MR) is 126 cm³/mol. The predicted octanol–water partition coefficient (Wildman–Crippen LogP) is 2.38. The van der Waals surface area contributed by atoms with E-state index in [1.807, 2.05) is 9.80 Å². The number of hydrogen-bond acceptors (Lipinski definition) is 6. The van der Waals surface area contributed by atoms with E-state index in [9.17, 15) is 27.2 Å². The number of nitrogens with one attached hydrogen (secondary N) is 2. The normalized spacial score (nSPS) is 20.4. The summed E-state index contributed by atoms with van der Waals surface area (Å²) in [6.45, 7) is 8.27. The molecule has 204 valence electrons. The molecule has 0 spiro atoms. The molecule has 2 aliphatic heterocycles. The third-order valence-electron chi connectivity index (χ3n) is 6.04. The Labute approximate surface area is 211 Å². The lowest BCUT2D eigenvalue weighted by Gasteiger charge is -2.39. The number of carbonyl (C=O) groups excluding carboxylic acids is 3. The number of imidazole rings is 1. The van der Waals surface area contributed by atoms with Crippen LogP contribution in [0.25, 0.3) is 11.0 Å². The Hall–Kier alpha value is -3.06. The van der Waals surface area contributed by atoms with Gasteiger partial charge >= 0.3 is 6.18 Å². The molecular formula is C24H31F4N5O4. The number of alkyl halides is 3. The smallest absolute Gasteiger partial charge is 0.378 e. The molecule has 0 radical (unpaired) electrons. The topological polar surface area (TPSA) is 108 Å². The van der Waals surface area contributed by atoms with Crippen LogP contribution in [0.4, 0.5) is 17.6 Å². The van der Waals surface area contributed by atoms with Gasteiger partial charge in [0.1, 0.15) is 5.82 Å². The van der Waals surface area contributed by atoms with Crippen LogP contribution in [0.5, 0.6) is 0 Å². The van der Waals surface area contributed by atoms with E-state index in [2.05, 4.69) is 29.1 Å². The number of halogens is 4. The Morgan fingerprint density at radius 2 is 1.92 bits per heavy atom. The summed E-state index contributed by atoms with van der Waals surface area (Å²) in [6, 6.07) is 4.11. The van der Waals surface area contributed by atoms with Gasteiger partial charge in [0, 0.05) is 38.8 Å². The molecule has 1 aromatic heterocycles. The summed E-state index contributed by atoms with van der Waals surface area (Å²) in [5, 5.41) is 3.35. The standard InChI is InChI=1S/C22H30FN5O3.C2HF3O/c1-14(2)13-28(22(30)20-25-18-4-3-16(23)10-19(18)26-20)17-9-15(11-24-12-17)21(29)27-5-7-31-8-6-27;3-2(4,5)1-6/h3-4,10,14-15,17,24H,5-9,11-13H2,1-2H3,(H,25,26);1H/t15-,17+;/m1./s1. The molecule has 0 saturated carbocycles. The van der Waals surface area contributed by atoms with E-state index < -0.39 is 12.5 Å². The average molecular weight is 530 g/mol. The number of aromatic nitrogens is 2. The number of piperidine rings is 1. The highest BCUT2D eigenvalue weighted by atomic mass is 19.4. The van der Waals surface area contributed by atoms with Gasteiger partial charge in [0.15, 0.2) is 5.82 Å². The molecule has 2 saturated heterocycles. The minimum Gasteiger partial charge on any atom is -0.378 e. The summed E-state index contributed by atoms with van der Waals surface area (Å²) in [6.07, 6.45) is -5.09. The summed E-state index contributed by atoms with van der Waals surface area (Å²) in [7, 11) is 0. The van der Waals surface area contributed by atoms with Crippen molar-refractivity contribution in [2.45, 2.75) is 32.5 Å². The van der Waals surface area contributed by atoms with Crippen LogP contribution < -0.4 is 5.32 Å². The van der Waals surface area contributed by atoms with Crippen LogP contribution in [0.1, 0.15) is 30.9 Å². The zero-order chi connectivity index (χ0) is 27.2. The first-order valence-electron chi connectivity index (χ1n) is 12.0. The summed E-state index contributed by atoms with van der Waals surface area (Å²) in [5.74, 6) is -0.212. The highest BCUT2D eigenvalue weighted by Gasteiger charge is 2.36. The van der Waals surface area contributed by atoms with Gasteiger partial charge in [0.25, 0.3) is 5.91 Å². The summed E-state index contributed by atoms with van der Waals surface area (Å²) in [4.78, 5) is 46.1. The fraction of sp³-hybridized carbons (Fsp3) is 0.583. The van der Waals surface area contributed by atoms with E-state index in [-0.39, 0.29) is 41.3 Å². The lowest BCUT2D eigenvalue weighted by molar-refractivity contribution is -0.156. The van der Waals surface area contributed by atoms with Crippen molar-refractivity contribution in [3.05, 3.63) is 29.8 Å². The molecule has 1 aromatic carbocycles. The SMILES string of the molecule is CC(C)CN(C(=O)c1nc2ccc(F)cc2[nH]1)[C@@H]1CNC[C@H](C(=O)N2CCOCC2)C1.O=CC(F)(F)F. The Bertz CT molecular complexity index is 1080. The molecule has 37 heavy (non-hydrogen) atoms. The van der Waals surface area contributed by atoms with Crippen molar-refractivity contribution in [3.8, 4) is 0 Å². The first-order valence-corrected chi connectivity index (χ1v) is 12.0. The van der Waals surface area contributed by atoms with Crippen molar-refractivity contribution in [1.82, 2.24) is 25.1 Å². The molecule has 2 fully saturated rings. The van der Waals surface area contributed by atoms with Crippen molar-refractivity contribution in [2.75, 3.05) is 45.9 Å². The van der Waals surface area contributed by atoms with E-state index >= 15 is 0 Å². The highest BCUT2D eigenvalue weighted by molar-refractivity contribution is 5.94. The maximum absolute atomic E-state index is 13.5. The molecule has 2 amide bonds. The Morgan fingerprint density at radius 1 is 1.24 bits per heavy atom. The molecule has 2 N–H and O–H groups in total. The van der Waals surface area contributed by atoms with Crippen LogP contribution >= 0.6 is 0 Å². The fourth-order valence-electron chi connectivity index (χ4n) is 4.40. The van der Waals surface area contributed by atoms with Gasteiger partial charge in [-0.25, -0.2) is 9.37 Å². The molecule has 4 rings (SSSR count). The van der Waals surface area contributed by atoms with Gasteiger partial charge < -0.3 is 24.8 Å². The fourth-order valence-corrected chi connectivity index (χ4v) is 4.40. The maximum Gasteiger partial charge on any atom is 0.446 e. The molecule has 2 aromatic rings. The van der Waals surface area contributed by atoms with Gasteiger partial charge in [0.05, 0.1) is 30.2 Å². The van der Waals surface area contributed by atoms with Gasteiger partial charge in [-0.3, -0.25) is 14.4 Å². The maximum atomic E-state index is 13.5. The number of fused-ring (bicyclic) bond motifs is 1. The lowest BCUT2D eigenvalue weighted by atomic mass is 9.92. The number of amides is 2. The second-order valence-electron chi connectivity index (χ2n) is 9.44. The number of nitrogens with zero attached hydrogens (tertiary/aromatic N) is 3. The summed E-state index contributed by atoms with van der Waals surface area (Å²) < 4.78 is 50.2. The number of ether oxygens (including phenoxy) is 1. The minimum absolute atomic E-state index is 0.122. The molecule has 3 heterocycles. The largest absolute Gasteiger partial charge is 0.446 e. The molecule has 2 aliphatic rings. The number of morpholine rings is 1. The number of rotatable bonds is 5. The highest BCUT2D eigenvalue weighted by Crippen LogP contribution is 2.22. The molecule has 0 aliphatic carbocycles. The van der Waals surface area contributed by atoms with Crippen LogP contribution in [0.3, 0.4) is 0 Å². The molecule has 9 nitrogen and oxygen atoms in total. The number of aldehydes is 1. The van der Waals surface area contributed by atoms with E-state index in [0.29, 0.717) is 63.4 Å². The van der Waals surface area contributed by atoms with Crippen molar-refractivity contribution < 1.29 is 36.7 Å². The number of hydrogen-bond donors (Lipinski definition) is 2. The lowest BCUT2D eigenvalue weighted by Crippen LogP contribution is -2.56. The van der Waals surface area contributed by atoms with Gasteiger partial charge in [-0.15, -0.1) is 0 Å². The number of carbonyl (C=O) groups is 3. The van der Waals surface area contributed by atoms with Crippen molar-refractivity contribution in [2.24, 2.45) is 11.8 Å². The quantitative estimate of drug-likeness (QED) is 0.455. The second-order valence-corrected chi connectivity index (χ2v) is 9.44. The summed E-state index contributed by atoms with van der Waals surface area (Å²) >= 11 is 0. The van der Waals surface area contributed by atoms with Gasteiger partial charge in [-0.1, -0.05) is 13.8 Å². The van der Waals surface area contributed by atoms with E-state index in [4.69, 9.17) is 9.53 Å². The second kappa shape index (κ2) is 12.5. The molecule has 13 heteroatoms. The van der Waals surface area contributed by atoms with E-state index in [1.54, 1.807) is 6.07 Å². The zero-order valence-electron chi connectivity index (χ0n) is 20.7. The van der Waals surface area contributed by atoms with Crippen LogP contribution in [0.2, 0.25) is 0 Å². The number of H-pyrrole nitrogens is 1. The molecular weight excluding hydrogens is 498 g/mol. The number of benzene rings is 1. The van der Waals surface area contributed by atoms with Crippen LogP contribution in [0.15, 0.2) is 18.2 Å². The summed E-state index contributed by atoms with van der Waals surface area (Å²) in [5.41, 5.74) is 1.05. The Kier molecular flexibility index (Phi) is 9.60. The Balaban J connectivity index is 0.000000568. The van der Waals surface area contributed by atoms with Gasteiger partial charge in [-0.05, 0) is 30.5 Å².